The van der Waals surface area contributed by atoms with Crippen LogP contribution in [0.2, 0.25) is 0 Å². The molecule has 5 atom stereocenters. The third-order valence-corrected chi connectivity index (χ3v) is 2.86. The van der Waals surface area contributed by atoms with E-state index in [1.807, 2.05) is 0 Å². The van der Waals surface area contributed by atoms with Crippen LogP contribution in [0.5, 0.6) is 0 Å². The quantitative estimate of drug-likeness (QED) is 0.220. The number of ether oxygens (including phenoxy) is 2. The summed E-state index contributed by atoms with van der Waals surface area (Å²) in [6, 6.07) is 0. The molecule has 19 heavy (non-hydrogen) atoms. The van der Waals surface area contributed by atoms with Crippen LogP contribution in [0.3, 0.4) is 0 Å². The molecule has 1 fully saturated rings. The second-order valence-corrected chi connectivity index (χ2v) is 4.36. The lowest BCUT2D eigenvalue weighted by Crippen LogP contribution is -2.60. The molecule has 0 aromatic heterocycles. The first-order valence-electron chi connectivity index (χ1n) is 5.80. The molecule has 0 saturated carbocycles. The first-order valence-corrected chi connectivity index (χ1v) is 5.80. The first kappa shape index (κ1) is 16.1. The summed E-state index contributed by atoms with van der Waals surface area (Å²) in [4.78, 5) is 0. The van der Waals surface area contributed by atoms with Crippen molar-refractivity contribution in [2.45, 2.75) is 30.7 Å². The number of aliphatic hydroxyl groups excluding tert-OH is 3. The molecule has 0 bridgehead atoms. The number of methoxy groups -OCH3 is 1. The molecule has 112 valence electrons. The van der Waals surface area contributed by atoms with E-state index in [4.69, 9.17) is 26.8 Å². The highest BCUT2D eigenvalue weighted by molar-refractivity contribution is 4.97. The van der Waals surface area contributed by atoms with Gasteiger partial charge in [0.2, 0.25) is 0 Å². The maximum absolute atomic E-state index is 9.81. The Labute approximate surface area is 111 Å². The highest BCUT2D eigenvalue weighted by atomic mass is 16.7. The Morgan fingerprint density at radius 1 is 1.32 bits per heavy atom. The number of hydrogen-bond acceptors (Lipinski definition) is 9. The van der Waals surface area contributed by atoms with Crippen molar-refractivity contribution in [1.29, 1.82) is 0 Å². The van der Waals surface area contributed by atoms with Crippen molar-refractivity contribution in [3.8, 4) is 0 Å². The molecule has 1 heterocycles. The van der Waals surface area contributed by atoms with E-state index in [0.29, 0.717) is 5.70 Å². The van der Waals surface area contributed by atoms with Gasteiger partial charge in [-0.3, -0.25) is 0 Å². The average Bonchev–Trinajstić information content (AvgIpc) is 2.39. The smallest absolute Gasteiger partial charge is 0.186 e. The van der Waals surface area contributed by atoms with Gasteiger partial charge in [0.25, 0.3) is 0 Å². The second-order valence-electron chi connectivity index (χ2n) is 4.36. The fourth-order valence-corrected chi connectivity index (χ4v) is 1.79. The normalized spacial score (nSPS) is 36.3. The molecule has 9 N–H and O–H groups in total. The molecule has 0 aromatic carbocycles. The minimum atomic E-state index is -1.38. The molecule has 0 aromatic rings. The van der Waals surface area contributed by atoms with Crippen molar-refractivity contribution in [1.82, 2.24) is 5.01 Å². The largest absolute Gasteiger partial charge is 0.400 e. The van der Waals surface area contributed by atoms with Crippen LogP contribution in [0.4, 0.5) is 0 Å². The zero-order valence-electron chi connectivity index (χ0n) is 10.7. The fraction of sp³-hybridized carbons (Fsp3) is 0.800. The topological polar surface area (TPSA) is 160 Å². The van der Waals surface area contributed by atoms with Gasteiger partial charge < -0.3 is 41.3 Å². The van der Waals surface area contributed by atoms with Gasteiger partial charge in [-0.2, -0.15) is 0 Å². The molecule has 0 spiro atoms. The predicted octanol–water partition coefficient (Wildman–Crippen LogP) is -3.63. The summed E-state index contributed by atoms with van der Waals surface area (Å²) in [5, 5.41) is 30.3. The monoisotopic (exact) mass is 278 g/mol. The standard InChI is InChI=1S/C10H22N4O5/c1-18-10-9(17)8(16)7(15)6(19-10)4-14(13)3-5(12)2-11/h3,6-10,15-17H,2,4,11-13H2,1H3/b5-3-. The van der Waals surface area contributed by atoms with Gasteiger partial charge in [0.15, 0.2) is 6.29 Å². The first-order chi connectivity index (χ1) is 8.90. The van der Waals surface area contributed by atoms with Crippen molar-refractivity contribution in [3.05, 3.63) is 11.9 Å². The van der Waals surface area contributed by atoms with Gasteiger partial charge >= 0.3 is 0 Å². The Kier molecular flexibility index (Phi) is 5.94. The zero-order valence-corrected chi connectivity index (χ0v) is 10.7. The molecule has 5 unspecified atom stereocenters. The minimum Gasteiger partial charge on any atom is -0.400 e. The molecule has 0 amide bonds. The van der Waals surface area contributed by atoms with Crippen molar-refractivity contribution < 1.29 is 24.8 Å². The van der Waals surface area contributed by atoms with Crippen LogP contribution in [-0.2, 0) is 9.47 Å². The molecule has 9 nitrogen and oxygen atoms in total. The Bertz CT molecular complexity index is 314. The van der Waals surface area contributed by atoms with Gasteiger partial charge in [0.05, 0.1) is 6.54 Å². The summed E-state index contributed by atoms with van der Waals surface area (Å²) in [7, 11) is 1.32. The molecular formula is C10H22N4O5. The lowest BCUT2D eigenvalue weighted by Gasteiger charge is -2.40. The number of nitrogens with two attached hydrogens (primary N) is 3. The number of hydrogen-bond donors (Lipinski definition) is 6. The van der Waals surface area contributed by atoms with Crippen LogP contribution in [0.15, 0.2) is 11.9 Å². The Balaban J connectivity index is 2.66. The van der Waals surface area contributed by atoms with Gasteiger partial charge in [-0.05, 0) is 0 Å². The van der Waals surface area contributed by atoms with Crippen LogP contribution in [-0.4, -0.2) is 71.2 Å². The van der Waals surface area contributed by atoms with Crippen molar-refractivity contribution in [2.75, 3.05) is 20.2 Å². The summed E-state index contributed by atoms with van der Waals surface area (Å²) in [6.45, 7) is 0.190. The Hall–Kier alpha value is -0.940. The summed E-state index contributed by atoms with van der Waals surface area (Å²) in [5.74, 6) is 5.66. The van der Waals surface area contributed by atoms with Gasteiger partial charge in [0.1, 0.15) is 24.4 Å². The zero-order chi connectivity index (χ0) is 14.6. The lowest BCUT2D eigenvalue weighted by molar-refractivity contribution is -0.291. The van der Waals surface area contributed by atoms with Crippen LogP contribution < -0.4 is 17.3 Å². The van der Waals surface area contributed by atoms with E-state index in [0.717, 1.165) is 0 Å². The predicted molar refractivity (Wildman–Crippen MR) is 65.9 cm³/mol. The summed E-state index contributed by atoms with van der Waals surface area (Å²) < 4.78 is 10.2. The van der Waals surface area contributed by atoms with Crippen LogP contribution in [0, 0.1) is 0 Å². The highest BCUT2D eigenvalue weighted by Crippen LogP contribution is 2.22. The number of nitrogens with zero attached hydrogens (tertiary/aromatic N) is 1. The molecular weight excluding hydrogens is 256 g/mol. The van der Waals surface area contributed by atoms with E-state index in [1.54, 1.807) is 0 Å². The number of aliphatic hydroxyl groups is 3. The molecule has 1 rings (SSSR count). The van der Waals surface area contributed by atoms with E-state index >= 15 is 0 Å². The van der Waals surface area contributed by atoms with Crippen LogP contribution >= 0.6 is 0 Å². The Morgan fingerprint density at radius 3 is 2.47 bits per heavy atom. The fourth-order valence-electron chi connectivity index (χ4n) is 1.79. The van der Waals surface area contributed by atoms with E-state index < -0.39 is 30.7 Å². The Morgan fingerprint density at radius 2 is 1.95 bits per heavy atom. The van der Waals surface area contributed by atoms with E-state index in [9.17, 15) is 15.3 Å². The summed E-state index contributed by atoms with van der Waals surface area (Å²) in [5.41, 5.74) is 11.2. The van der Waals surface area contributed by atoms with Crippen LogP contribution in [0.25, 0.3) is 0 Å². The summed E-state index contributed by atoms with van der Waals surface area (Å²) in [6.07, 6.45) is -4.47. The highest BCUT2D eigenvalue weighted by Gasteiger charge is 2.44. The van der Waals surface area contributed by atoms with E-state index in [-0.39, 0.29) is 13.1 Å². The van der Waals surface area contributed by atoms with Gasteiger partial charge in [-0.1, -0.05) is 0 Å². The minimum absolute atomic E-state index is 0.0471. The third-order valence-electron chi connectivity index (χ3n) is 2.86. The second kappa shape index (κ2) is 7.01. The van der Waals surface area contributed by atoms with Crippen molar-refractivity contribution in [2.24, 2.45) is 17.3 Å². The average molecular weight is 278 g/mol. The lowest BCUT2D eigenvalue weighted by atomic mass is 9.99. The summed E-state index contributed by atoms with van der Waals surface area (Å²) >= 11 is 0. The SMILES string of the molecule is COC1OC(CN(N)/C=C(\N)CN)C(O)C(O)C1O. The van der Waals surface area contributed by atoms with Gasteiger partial charge in [-0.15, -0.1) is 0 Å². The molecule has 1 saturated heterocycles. The van der Waals surface area contributed by atoms with E-state index in [1.165, 1.54) is 18.3 Å². The third kappa shape index (κ3) is 4.01. The molecule has 1 aliphatic rings. The molecule has 0 radical (unpaired) electrons. The van der Waals surface area contributed by atoms with Gasteiger partial charge in [0, 0.05) is 25.6 Å². The molecule has 9 heteroatoms. The maximum Gasteiger partial charge on any atom is 0.186 e. The maximum atomic E-state index is 9.81. The van der Waals surface area contributed by atoms with Crippen molar-refractivity contribution in [3.63, 3.8) is 0 Å². The van der Waals surface area contributed by atoms with Crippen LogP contribution in [0.1, 0.15) is 0 Å². The molecule has 0 aliphatic carbocycles. The number of hydrazine groups is 1. The van der Waals surface area contributed by atoms with Gasteiger partial charge in [-0.25, -0.2) is 5.84 Å². The van der Waals surface area contributed by atoms with E-state index in [2.05, 4.69) is 0 Å². The molecule has 1 aliphatic heterocycles. The van der Waals surface area contributed by atoms with Crippen molar-refractivity contribution >= 4 is 0 Å². The number of rotatable bonds is 5.